The fourth-order valence-electron chi connectivity index (χ4n) is 0.498. The Morgan fingerprint density at radius 2 is 1.78 bits per heavy atom. The molecule has 0 spiro atoms. The van der Waals surface area contributed by atoms with E-state index >= 15 is 0 Å². The molecular formula is C6H16N2O. The summed E-state index contributed by atoms with van der Waals surface area (Å²) in [5, 5.41) is 11.8. The minimum atomic E-state index is -0.428. The van der Waals surface area contributed by atoms with E-state index in [1.807, 2.05) is 25.9 Å². The normalized spacial score (nSPS) is 18.0. The van der Waals surface area contributed by atoms with Gasteiger partial charge in [0.25, 0.3) is 0 Å². The van der Waals surface area contributed by atoms with Gasteiger partial charge in [0.05, 0.1) is 6.17 Å². The summed E-state index contributed by atoms with van der Waals surface area (Å²) in [6, 6.07) is 0. The van der Waals surface area contributed by atoms with Gasteiger partial charge < -0.3 is 5.11 Å². The van der Waals surface area contributed by atoms with Crippen LogP contribution in [0.5, 0.6) is 0 Å². The van der Waals surface area contributed by atoms with Gasteiger partial charge in [-0.2, -0.15) is 0 Å². The largest absolute Gasteiger partial charge is 0.379 e. The highest BCUT2D eigenvalue weighted by Gasteiger charge is 2.04. The van der Waals surface area contributed by atoms with Crippen LogP contribution in [0.2, 0.25) is 0 Å². The molecule has 0 aliphatic heterocycles. The number of hydrogen-bond donors (Lipinski definition) is 2. The maximum atomic E-state index is 8.83. The van der Waals surface area contributed by atoms with Gasteiger partial charge in [-0.1, -0.05) is 0 Å². The van der Waals surface area contributed by atoms with Crippen LogP contribution in [0.15, 0.2) is 0 Å². The van der Waals surface area contributed by atoms with E-state index in [0.717, 1.165) is 0 Å². The van der Waals surface area contributed by atoms with Gasteiger partial charge in [0, 0.05) is 0 Å². The molecule has 0 saturated heterocycles. The second kappa shape index (κ2) is 3.82. The molecule has 2 N–H and O–H groups in total. The van der Waals surface area contributed by atoms with Crippen LogP contribution >= 0.6 is 0 Å². The van der Waals surface area contributed by atoms with Crippen LogP contribution in [0, 0.1) is 0 Å². The van der Waals surface area contributed by atoms with Crippen LogP contribution in [0.1, 0.15) is 13.8 Å². The van der Waals surface area contributed by atoms with Crippen molar-refractivity contribution in [2.45, 2.75) is 26.2 Å². The fraction of sp³-hybridized carbons (Fsp3) is 1.00. The summed E-state index contributed by atoms with van der Waals surface area (Å²) < 4.78 is 0. The predicted molar refractivity (Wildman–Crippen MR) is 38.0 cm³/mol. The van der Waals surface area contributed by atoms with Crippen LogP contribution in [0.4, 0.5) is 0 Å². The van der Waals surface area contributed by atoms with Crippen molar-refractivity contribution in [3.05, 3.63) is 0 Å². The topological polar surface area (TPSA) is 35.5 Å². The third-order valence-electron chi connectivity index (χ3n) is 1.26. The van der Waals surface area contributed by atoms with Gasteiger partial charge in [0.1, 0.15) is 6.23 Å². The molecule has 0 amide bonds. The SMILES string of the molecule is CC(O)NC(C)N(C)C. The Kier molecular flexibility index (Phi) is 3.77. The van der Waals surface area contributed by atoms with Gasteiger partial charge in [-0.05, 0) is 27.9 Å². The number of nitrogens with zero attached hydrogens (tertiary/aromatic N) is 1. The van der Waals surface area contributed by atoms with Gasteiger partial charge in [-0.3, -0.25) is 10.2 Å². The number of aliphatic hydroxyl groups excluding tert-OH is 1. The minimum Gasteiger partial charge on any atom is -0.379 e. The summed E-state index contributed by atoms with van der Waals surface area (Å²) in [5.41, 5.74) is 0. The van der Waals surface area contributed by atoms with Crippen molar-refractivity contribution in [3.63, 3.8) is 0 Å². The smallest absolute Gasteiger partial charge is 0.103 e. The van der Waals surface area contributed by atoms with Crippen molar-refractivity contribution in [3.8, 4) is 0 Å². The lowest BCUT2D eigenvalue weighted by Gasteiger charge is -2.22. The second-order valence-corrected chi connectivity index (χ2v) is 2.48. The Hall–Kier alpha value is -0.120. The summed E-state index contributed by atoms with van der Waals surface area (Å²) in [5.74, 6) is 0. The third-order valence-corrected chi connectivity index (χ3v) is 1.26. The van der Waals surface area contributed by atoms with Crippen LogP contribution < -0.4 is 5.32 Å². The standard InChI is InChI=1S/C6H16N2O/c1-5(8(3)4)7-6(2)9/h5-7,9H,1-4H3. The van der Waals surface area contributed by atoms with Crippen molar-refractivity contribution in [2.24, 2.45) is 0 Å². The molecule has 0 bridgehead atoms. The average Bonchev–Trinajstić information content (AvgIpc) is 1.63. The zero-order valence-electron chi connectivity index (χ0n) is 6.55. The predicted octanol–water partition coefficient (Wildman–Crippen LogP) is -0.178. The van der Waals surface area contributed by atoms with Gasteiger partial charge >= 0.3 is 0 Å². The maximum absolute atomic E-state index is 8.83. The molecule has 0 aromatic heterocycles. The van der Waals surface area contributed by atoms with E-state index in [2.05, 4.69) is 5.32 Å². The molecule has 0 fully saturated rings. The summed E-state index contributed by atoms with van der Waals surface area (Å²) in [4.78, 5) is 1.99. The molecule has 3 heteroatoms. The van der Waals surface area contributed by atoms with E-state index in [9.17, 15) is 0 Å². The van der Waals surface area contributed by atoms with Gasteiger partial charge in [0.2, 0.25) is 0 Å². The van der Waals surface area contributed by atoms with E-state index in [4.69, 9.17) is 5.11 Å². The van der Waals surface area contributed by atoms with E-state index in [1.165, 1.54) is 0 Å². The maximum Gasteiger partial charge on any atom is 0.103 e. The Labute approximate surface area is 56.7 Å². The Balaban J connectivity index is 3.38. The van der Waals surface area contributed by atoms with Crippen LogP contribution in [0.25, 0.3) is 0 Å². The zero-order valence-corrected chi connectivity index (χ0v) is 6.55. The first-order valence-corrected chi connectivity index (χ1v) is 3.14. The number of aliphatic hydroxyl groups is 1. The number of nitrogens with one attached hydrogen (secondary N) is 1. The molecule has 0 heterocycles. The third kappa shape index (κ3) is 4.39. The van der Waals surface area contributed by atoms with Crippen LogP contribution in [0.3, 0.4) is 0 Å². The first-order valence-electron chi connectivity index (χ1n) is 3.14. The lowest BCUT2D eigenvalue weighted by molar-refractivity contribution is 0.106. The summed E-state index contributed by atoms with van der Waals surface area (Å²) >= 11 is 0. The Morgan fingerprint density at radius 3 is 1.89 bits per heavy atom. The first-order chi connectivity index (χ1) is 4.04. The highest BCUT2D eigenvalue weighted by Crippen LogP contribution is 1.86. The van der Waals surface area contributed by atoms with Gasteiger partial charge in [-0.25, -0.2) is 0 Å². The molecule has 56 valence electrons. The van der Waals surface area contributed by atoms with E-state index < -0.39 is 6.23 Å². The molecule has 2 unspecified atom stereocenters. The fourth-order valence-corrected chi connectivity index (χ4v) is 0.498. The van der Waals surface area contributed by atoms with Crippen molar-refractivity contribution in [2.75, 3.05) is 14.1 Å². The molecule has 2 atom stereocenters. The summed E-state index contributed by atoms with van der Waals surface area (Å²) in [6.45, 7) is 3.70. The molecular weight excluding hydrogens is 116 g/mol. The van der Waals surface area contributed by atoms with E-state index in [0.29, 0.717) is 0 Å². The zero-order chi connectivity index (χ0) is 7.44. The quantitative estimate of drug-likeness (QED) is 0.523. The van der Waals surface area contributed by atoms with Gasteiger partial charge in [-0.15, -0.1) is 0 Å². The molecule has 0 radical (unpaired) electrons. The van der Waals surface area contributed by atoms with Crippen molar-refractivity contribution >= 4 is 0 Å². The van der Waals surface area contributed by atoms with Crippen LogP contribution in [-0.4, -0.2) is 36.5 Å². The molecule has 0 aliphatic rings. The summed E-state index contributed by atoms with van der Waals surface area (Å²) in [7, 11) is 3.92. The molecule has 3 nitrogen and oxygen atoms in total. The van der Waals surface area contributed by atoms with Crippen LogP contribution in [-0.2, 0) is 0 Å². The Bertz CT molecular complexity index is 73.5. The first kappa shape index (κ1) is 8.88. The molecule has 0 saturated carbocycles. The van der Waals surface area contributed by atoms with E-state index in [1.54, 1.807) is 6.92 Å². The minimum absolute atomic E-state index is 0.227. The van der Waals surface area contributed by atoms with Crippen molar-refractivity contribution < 1.29 is 5.11 Å². The molecule has 9 heavy (non-hydrogen) atoms. The molecule has 0 rings (SSSR count). The number of hydrogen-bond acceptors (Lipinski definition) is 3. The lowest BCUT2D eigenvalue weighted by atomic mass is 10.5. The van der Waals surface area contributed by atoms with E-state index in [-0.39, 0.29) is 6.17 Å². The van der Waals surface area contributed by atoms with Crippen molar-refractivity contribution in [1.82, 2.24) is 10.2 Å². The van der Waals surface area contributed by atoms with Crippen molar-refractivity contribution in [1.29, 1.82) is 0 Å². The monoisotopic (exact) mass is 132 g/mol. The molecule has 0 aliphatic carbocycles. The summed E-state index contributed by atoms with van der Waals surface area (Å²) in [6.07, 6.45) is -0.201. The highest BCUT2D eigenvalue weighted by molar-refractivity contribution is 4.55. The van der Waals surface area contributed by atoms with Gasteiger partial charge in [0.15, 0.2) is 0 Å². The average molecular weight is 132 g/mol. The highest BCUT2D eigenvalue weighted by atomic mass is 16.3. The lowest BCUT2D eigenvalue weighted by Crippen LogP contribution is -2.43. The number of rotatable bonds is 3. The molecule has 0 aromatic rings. The molecule has 0 aromatic carbocycles. The Morgan fingerprint density at radius 1 is 1.33 bits per heavy atom. The second-order valence-electron chi connectivity index (χ2n) is 2.48.